The van der Waals surface area contributed by atoms with Gasteiger partial charge in [0.15, 0.2) is 0 Å². The van der Waals surface area contributed by atoms with Crippen LogP contribution in [0.1, 0.15) is 5.56 Å². The molecule has 124 valence electrons. The second-order valence-corrected chi connectivity index (χ2v) is 5.62. The van der Waals surface area contributed by atoms with Crippen LogP contribution < -0.4 is 4.74 Å². The number of ether oxygens (including phenoxy) is 1. The standard InChI is InChI=1S/C17H10ClF3O3/c18-11-6-10-7-13(16(22)23)15(17(19,20)21)24-14(10)12(8-11)9-4-2-1-3-5-9/h1-8,15H,(H,22,23)/t15-/m0/s1. The van der Waals surface area contributed by atoms with Crippen molar-refractivity contribution in [2.75, 3.05) is 0 Å². The van der Waals surface area contributed by atoms with E-state index < -0.39 is 23.8 Å². The number of hydrogen-bond donors (Lipinski definition) is 1. The van der Waals surface area contributed by atoms with Crippen molar-refractivity contribution < 1.29 is 27.8 Å². The van der Waals surface area contributed by atoms with Crippen molar-refractivity contribution in [1.29, 1.82) is 0 Å². The van der Waals surface area contributed by atoms with E-state index in [2.05, 4.69) is 0 Å². The maximum Gasteiger partial charge on any atom is 0.430 e. The van der Waals surface area contributed by atoms with Crippen LogP contribution in [0.4, 0.5) is 13.2 Å². The lowest BCUT2D eigenvalue weighted by Crippen LogP contribution is -2.40. The summed E-state index contributed by atoms with van der Waals surface area (Å²) in [5.74, 6) is -1.73. The van der Waals surface area contributed by atoms with Gasteiger partial charge in [0.25, 0.3) is 0 Å². The number of carbonyl (C=O) groups is 1. The number of hydrogen-bond acceptors (Lipinski definition) is 2. The lowest BCUT2D eigenvalue weighted by Gasteiger charge is -2.28. The Bertz CT molecular complexity index is 829. The van der Waals surface area contributed by atoms with Gasteiger partial charge in [-0.05, 0) is 23.8 Å². The van der Waals surface area contributed by atoms with Gasteiger partial charge in [0.2, 0.25) is 6.10 Å². The largest absolute Gasteiger partial charge is 0.478 e. The molecule has 1 heterocycles. The summed E-state index contributed by atoms with van der Waals surface area (Å²) in [6.07, 6.45) is -6.43. The van der Waals surface area contributed by atoms with Gasteiger partial charge in [-0.3, -0.25) is 0 Å². The van der Waals surface area contributed by atoms with Crippen LogP contribution in [0, 0.1) is 0 Å². The molecule has 3 rings (SSSR count). The van der Waals surface area contributed by atoms with Crippen LogP contribution in [-0.2, 0) is 4.79 Å². The van der Waals surface area contributed by atoms with Gasteiger partial charge in [0.05, 0.1) is 5.57 Å². The summed E-state index contributed by atoms with van der Waals surface area (Å²) in [5, 5.41) is 9.34. The van der Waals surface area contributed by atoms with Crippen molar-refractivity contribution >= 4 is 23.6 Å². The number of carboxylic acid groups (broad SMARTS) is 1. The molecule has 0 aliphatic carbocycles. The smallest absolute Gasteiger partial charge is 0.430 e. The van der Waals surface area contributed by atoms with Gasteiger partial charge in [-0.15, -0.1) is 0 Å². The molecule has 1 aliphatic rings. The van der Waals surface area contributed by atoms with Crippen molar-refractivity contribution in [2.24, 2.45) is 0 Å². The normalized spacial score (nSPS) is 16.8. The summed E-state index contributed by atoms with van der Waals surface area (Å²) in [7, 11) is 0. The highest BCUT2D eigenvalue weighted by Gasteiger charge is 2.48. The van der Waals surface area contributed by atoms with Gasteiger partial charge >= 0.3 is 12.1 Å². The molecule has 3 nitrogen and oxygen atoms in total. The Kier molecular flexibility index (Phi) is 4.01. The van der Waals surface area contributed by atoms with Crippen molar-refractivity contribution in [1.82, 2.24) is 0 Å². The Labute approximate surface area is 139 Å². The summed E-state index contributed by atoms with van der Waals surface area (Å²) in [5.41, 5.74) is 0.299. The topological polar surface area (TPSA) is 46.5 Å². The van der Waals surface area contributed by atoms with Gasteiger partial charge in [-0.25, -0.2) is 4.79 Å². The van der Waals surface area contributed by atoms with Crippen molar-refractivity contribution in [3.8, 4) is 16.9 Å². The third-order valence-corrected chi connectivity index (χ3v) is 3.76. The van der Waals surface area contributed by atoms with Gasteiger partial charge in [-0.2, -0.15) is 13.2 Å². The SMILES string of the molecule is O=C(O)C1=Cc2cc(Cl)cc(-c3ccccc3)c2O[C@@H]1C(F)(F)F. The number of alkyl halides is 3. The maximum atomic E-state index is 13.2. The Balaban J connectivity index is 2.23. The second kappa shape index (κ2) is 5.87. The fourth-order valence-electron chi connectivity index (χ4n) is 2.53. The molecule has 7 heteroatoms. The first-order valence-corrected chi connectivity index (χ1v) is 7.22. The van der Waals surface area contributed by atoms with Crippen LogP contribution in [0.25, 0.3) is 17.2 Å². The molecule has 0 spiro atoms. The van der Waals surface area contributed by atoms with Crippen LogP contribution in [0.2, 0.25) is 5.02 Å². The quantitative estimate of drug-likeness (QED) is 0.842. The average Bonchev–Trinajstić information content (AvgIpc) is 2.52. The van der Waals surface area contributed by atoms with Gasteiger partial charge in [0, 0.05) is 16.1 Å². The van der Waals surface area contributed by atoms with E-state index >= 15 is 0 Å². The highest BCUT2D eigenvalue weighted by molar-refractivity contribution is 6.31. The molecule has 2 aromatic carbocycles. The number of fused-ring (bicyclic) bond motifs is 1. The van der Waals surface area contributed by atoms with E-state index in [-0.39, 0.29) is 16.3 Å². The lowest BCUT2D eigenvalue weighted by molar-refractivity contribution is -0.187. The third kappa shape index (κ3) is 2.97. The molecule has 1 N–H and O–H groups in total. The van der Waals surface area contributed by atoms with Gasteiger partial charge < -0.3 is 9.84 Å². The fraction of sp³-hybridized carbons (Fsp3) is 0.118. The highest BCUT2D eigenvalue weighted by Crippen LogP contribution is 2.44. The Morgan fingerprint density at radius 1 is 1.17 bits per heavy atom. The van der Waals surface area contributed by atoms with E-state index in [1.807, 2.05) is 0 Å². The summed E-state index contributed by atoms with van der Waals surface area (Å²) >= 11 is 6.03. The van der Waals surface area contributed by atoms with E-state index in [9.17, 15) is 18.0 Å². The molecule has 0 radical (unpaired) electrons. The lowest BCUT2D eigenvalue weighted by atomic mass is 9.96. The molecule has 1 atom stereocenters. The van der Waals surface area contributed by atoms with Crippen molar-refractivity contribution in [3.05, 3.63) is 58.6 Å². The summed E-state index contributed by atoms with van der Waals surface area (Å²) in [4.78, 5) is 11.2. The molecular formula is C17H10ClF3O3. The number of halogens is 4. The summed E-state index contributed by atoms with van der Waals surface area (Å²) in [6, 6.07) is 11.5. The Hall–Kier alpha value is -2.47. The second-order valence-electron chi connectivity index (χ2n) is 5.18. The minimum Gasteiger partial charge on any atom is -0.478 e. The zero-order valence-electron chi connectivity index (χ0n) is 12.0. The molecule has 0 fully saturated rings. The molecule has 0 unspecified atom stereocenters. The minimum absolute atomic E-state index is 0.0436. The molecular weight excluding hydrogens is 345 g/mol. The highest BCUT2D eigenvalue weighted by atomic mass is 35.5. The number of rotatable bonds is 2. The monoisotopic (exact) mass is 354 g/mol. The molecule has 0 bridgehead atoms. The molecule has 0 aromatic heterocycles. The van der Waals surface area contributed by atoms with E-state index in [1.54, 1.807) is 30.3 Å². The van der Waals surface area contributed by atoms with E-state index in [0.717, 1.165) is 6.08 Å². The molecule has 0 saturated heterocycles. The van der Waals surface area contributed by atoms with Gasteiger partial charge in [-0.1, -0.05) is 41.9 Å². The van der Waals surface area contributed by atoms with Gasteiger partial charge in [0.1, 0.15) is 5.75 Å². The average molecular weight is 355 g/mol. The van der Waals surface area contributed by atoms with Crippen LogP contribution in [0.3, 0.4) is 0 Å². The number of aliphatic carboxylic acids is 1. The number of benzene rings is 2. The van der Waals surface area contributed by atoms with Crippen LogP contribution in [-0.4, -0.2) is 23.4 Å². The fourth-order valence-corrected chi connectivity index (χ4v) is 2.75. The zero-order valence-corrected chi connectivity index (χ0v) is 12.7. The maximum absolute atomic E-state index is 13.2. The zero-order chi connectivity index (χ0) is 17.5. The molecule has 2 aromatic rings. The van der Waals surface area contributed by atoms with E-state index in [1.165, 1.54) is 12.1 Å². The predicted molar refractivity (Wildman–Crippen MR) is 83.0 cm³/mol. The number of carboxylic acids is 1. The molecule has 24 heavy (non-hydrogen) atoms. The minimum atomic E-state index is -4.85. The molecule has 0 saturated carbocycles. The summed E-state index contributed by atoms with van der Waals surface area (Å²) < 4.78 is 44.7. The van der Waals surface area contributed by atoms with E-state index in [4.69, 9.17) is 21.4 Å². The van der Waals surface area contributed by atoms with Crippen LogP contribution >= 0.6 is 11.6 Å². The molecule has 0 amide bonds. The van der Waals surface area contributed by atoms with E-state index in [0.29, 0.717) is 11.1 Å². The first-order valence-electron chi connectivity index (χ1n) is 6.84. The van der Waals surface area contributed by atoms with Crippen molar-refractivity contribution in [2.45, 2.75) is 12.3 Å². The molecule has 1 aliphatic heterocycles. The predicted octanol–water partition coefficient (Wildman–Crippen LogP) is 4.80. The van der Waals surface area contributed by atoms with Crippen LogP contribution in [0.15, 0.2) is 48.0 Å². The summed E-state index contributed by atoms with van der Waals surface area (Å²) in [6.45, 7) is 0. The van der Waals surface area contributed by atoms with Crippen molar-refractivity contribution in [3.63, 3.8) is 0 Å². The first kappa shape index (κ1) is 16.4. The Morgan fingerprint density at radius 2 is 1.83 bits per heavy atom. The van der Waals surface area contributed by atoms with Crippen LogP contribution in [0.5, 0.6) is 5.75 Å². The Morgan fingerprint density at radius 3 is 2.42 bits per heavy atom. The third-order valence-electron chi connectivity index (χ3n) is 3.54. The first-order chi connectivity index (χ1) is 11.3.